The molecule has 0 saturated heterocycles. The minimum absolute atomic E-state index is 0.0873. The van der Waals surface area contributed by atoms with Gasteiger partial charge in [-0.25, -0.2) is 15.0 Å². The third kappa shape index (κ3) is 4.26. The van der Waals surface area contributed by atoms with E-state index >= 15 is 0 Å². The second kappa shape index (κ2) is 8.29. The maximum Gasteiger partial charge on any atom is 0.265 e. The molecule has 7 nitrogen and oxygen atoms in total. The lowest BCUT2D eigenvalue weighted by Crippen LogP contribution is -2.27. The van der Waals surface area contributed by atoms with Gasteiger partial charge in [0, 0.05) is 29.7 Å². The van der Waals surface area contributed by atoms with Crippen molar-refractivity contribution in [3.63, 3.8) is 0 Å². The predicted molar refractivity (Wildman–Crippen MR) is 146 cm³/mol. The topological polar surface area (TPSA) is 77.1 Å². The van der Waals surface area contributed by atoms with Gasteiger partial charge in [-0.15, -0.1) is 0 Å². The highest BCUT2D eigenvalue weighted by Gasteiger charge is 2.26. The van der Waals surface area contributed by atoms with Crippen LogP contribution in [0, 0.1) is 6.92 Å². The Hall–Kier alpha value is -4.00. The summed E-state index contributed by atoms with van der Waals surface area (Å²) in [5.41, 5.74) is 5.58. The molecule has 0 fully saturated rings. The third-order valence-electron chi connectivity index (χ3n) is 6.11. The van der Waals surface area contributed by atoms with Crippen LogP contribution in [-0.2, 0) is 5.41 Å². The minimum Gasteiger partial charge on any atom is -0.362 e. The van der Waals surface area contributed by atoms with Crippen molar-refractivity contribution in [2.45, 2.75) is 59.4 Å². The van der Waals surface area contributed by atoms with Crippen molar-refractivity contribution in [2.24, 2.45) is 0 Å². The zero-order chi connectivity index (χ0) is 25.8. The number of fused-ring (bicyclic) bond motifs is 2. The molecule has 2 aromatic carbocycles. The fourth-order valence-electron chi connectivity index (χ4n) is 4.65. The van der Waals surface area contributed by atoms with E-state index in [9.17, 15) is 4.79 Å². The number of imidazole rings is 1. The summed E-state index contributed by atoms with van der Waals surface area (Å²) >= 11 is 0. The van der Waals surface area contributed by atoms with Gasteiger partial charge in [0.1, 0.15) is 6.33 Å². The van der Waals surface area contributed by atoms with Crippen LogP contribution in [0.5, 0.6) is 0 Å². The highest BCUT2D eigenvalue weighted by atomic mass is 16.1. The number of hydrogen-bond donors (Lipinski definition) is 1. The zero-order valence-corrected chi connectivity index (χ0v) is 21.9. The van der Waals surface area contributed by atoms with Crippen LogP contribution in [0.1, 0.15) is 52.7 Å². The summed E-state index contributed by atoms with van der Waals surface area (Å²) < 4.78 is 3.65. The molecule has 0 aliphatic rings. The van der Waals surface area contributed by atoms with Crippen molar-refractivity contribution in [1.29, 1.82) is 0 Å². The molecule has 0 aliphatic carbocycles. The first-order chi connectivity index (χ1) is 16.9. The first-order valence-corrected chi connectivity index (χ1v) is 12.2. The number of nitrogens with one attached hydrogen (secondary N) is 1. The van der Waals surface area contributed by atoms with Crippen LogP contribution < -0.4 is 10.9 Å². The van der Waals surface area contributed by atoms with Gasteiger partial charge < -0.3 is 9.72 Å². The maximum atomic E-state index is 13.6. The van der Waals surface area contributed by atoms with Crippen LogP contribution in [0.2, 0.25) is 0 Å². The van der Waals surface area contributed by atoms with Crippen molar-refractivity contribution >= 4 is 22.4 Å². The lowest BCUT2D eigenvalue weighted by Gasteiger charge is -2.27. The molecule has 3 heterocycles. The molecule has 3 aromatic heterocycles. The summed E-state index contributed by atoms with van der Waals surface area (Å²) in [4.78, 5) is 27.7. The van der Waals surface area contributed by atoms with Gasteiger partial charge in [0.2, 0.25) is 0 Å². The quantitative estimate of drug-likeness (QED) is 0.347. The zero-order valence-electron chi connectivity index (χ0n) is 21.9. The lowest BCUT2D eigenvalue weighted by atomic mass is 9.81. The van der Waals surface area contributed by atoms with Gasteiger partial charge >= 0.3 is 0 Å². The van der Waals surface area contributed by atoms with Gasteiger partial charge in [-0.1, -0.05) is 39.0 Å². The molecule has 0 radical (unpaired) electrons. The van der Waals surface area contributed by atoms with Crippen molar-refractivity contribution in [3.8, 4) is 16.9 Å². The van der Waals surface area contributed by atoms with E-state index in [0.717, 1.165) is 39.5 Å². The molecule has 7 heteroatoms. The molecule has 5 rings (SSSR count). The van der Waals surface area contributed by atoms with Gasteiger partial charge in [-0.05, 0) is 62.4 Å². The van der Waals surface area contributed by atoms with Crippen molar-refractivity contribution in [2.75, 3.05) is 5.32 Å². The molecular formula is C29H32N6O. The standard InChI is InChI=1S/C29H32N6O/c1-18-11-12-20-21(15-18)31-17-35(27(20)36)23-10-8-9-19(24(23)28(2,3)4)22-16-34-14-13-30-26(34)25(32-22)33-29(5,6)7/h8-17H,1-7H3,(H,32,33). The molecule has 0 spiro atoms. The van der Waals surface area contributed by atoms with E-state index in [1.165, 1.54) is 0 Å². The first-order valence-electron chi connectivity index (χ1n) is 12.2. The Morgan fingerprint density at radius 1 is 0.972 bits per heavy atom. The second-order valence-corrected chi connectivity index (χ2v) is 11.4. The summed E-state index contributed by atoms with van der Waals surface area (Å²) in [5.74, 6) is 0.718. The monoisotopic (exact) mass is 480 g/mol. The number of aromatic nitrogens is 5. The molecule has 0 bridgehead atoms. The van der Waals surface area contributed by atoms with Crippen molar-refractivity contribution < 1.29 is 0 Å². The lowest BCUT2D eigenvalue weighted by molar-refractivity contribution is 0.586. The molecule has 0 aliphatic heterocycles. The molecule has 0 amide bonds. The Bertz CT molecular complexity index is 1660. The Morgan fingerprint density at radius 3 is 2.47 bits per heavy atom. The van der Waals surface area contributed by atoms with E-state index in [2.05, 4.69) is 62.9 Å². The minimum atomic E-state index is -0.281. The number of rotatable bonds is 3. The van der Waals surface area contributed by atoms with E-state index in [1.807, 2.05) is 54.0 Å². The van der Waals surface area contributed by atoms with E-state index in [1.54, 1.807) is 17.1 Å². The molecule has 36 heavy (non-hydrogen) atoms. The van der Waals surface area contributed by atoms with E-state index in [-0.39, 0.29) is 16.5 Å². The fraction of sp³-hybridized carbons (Fsp3) is 0.310. The van der Waals surface area contributed by atoms with E-state index in [0.29, 0.717) is 10.9 Å². The van der Waals surface area contributed by atoms with Gasteiger partial charge in [0.05, 0.1) is 22.3 Å². The summed E-state index contributed by atoms with van der Waals surface area (Å²) in [5, 5.41) is 4.10. The molecule has 0 saturated carbocycles. The molecular weight excluding hydrogens is 448 g/mol. The largest absolute Gasteiger partial charge is 0.362 e. The average Bonchev–Trinajstić information content (AvgIpc) is 3.26. The predicted octanol–water partition coefficient (Wildman–Crippen LogP) is 5.91. The molecule has 5 aromatic rings. The highest BCUT2D eigenvalue weighted by molar-refractivity contribution is 5.79. The normalized spacial score (nSPS) is 12.4. The van der Waals surface area contributed by atoms with Crippen LogP contribution in [-0.4, -0.2) is 29.5 Å². The smallest absolute Gasteiger partial charge is 0.265 e. The van der Waals surface area contributed by atoms with E-state index < -0.39 is 0 Å². The van der Waals surface area contributed by atoms with E-state index in [4.69, 9.17) is 4.98 Å². The number of hydrogen-bond acceptors (Lipinski definition) is 5. The van der Waals surface area contributed by atoms with Crippen molar-refractivity contribution in [1.82, 2.24) is 23.9 Å². The average molecular weight is 481 g/mol. The van der Waals surface area contributed by atoms with Crippen LogP contribution in [0.3, 0.4) is 0 Å². The Kier molecular flexibility index (Phi) is 5.47. The molecule has 0 unspecified atom stereocenters. The van der Waals surface area contributed by atoms with Gasteiger partial charge in [-0.2, -0.15) is 0 Å². The van der Waals surface area contributed by atoms with Crippen LogP contribution in [0.25, 0.3) is 33.5 Å². The van der Waals surface area contributed by atoms with Crippen LogP contribution in [0.15, 0.2) is 66.1 Å². The summed E-state index contributed by atoms with van der Waals surface area (Å²) in [6, 6.07) is 11.8. The molecule has 184 valence electrons. The van der Waals surface area contributed by atoms with Crippen LogP contribution >= 0.6 is 0 Å². The Morgan fingerprint density at radius 2 is 1.75 bits per heavy atom. The molecule has 1 N–H and O–H groups in total. The highest BCUT2D eigenvalue weighted by Crippen LogP contribution is 2.37. The second-order valence-electron chi connectivity index (χ2n) is 11.4. The summed E-state index contributed by atoms with van der Waals surface area (Å²) in [6.45, 7) is 14.8. The fourth-order valence-corrected chi connectivity index (χ4v) is 4.65. The van der Waals surface area contributed by atoms with Gasteiger partial charge in [-0.3, -0.25) is 9.36 Å². The number of anilines is 1. The number of nitrogens with zero attached hydrogens (tertiary/aromatic N) is 5. The Balaban J connectivity index is 1.78. The number of aryl methyl sites for hydroxylation is 1. The summed E-state index contributed by atoms with van der Waals surface area (Å²) in [7, 11) is 0. The summed E-state index contributed by atoms with van der Waals surface area (Å²) in [6.07, 6.45) is 7.33. The number of benzene rings is 2. The van der Waals surface area contributed by atoms with Crippen LogP contribution in [0.4, 0.5) is 5.82 Å². The van der Waals surface area contributed by atoms with Crippen molar-refractivity contribution in [3.05, 3.63) is 82.8 Å². The Labute approximate surface area is 210 Å². The maximum absolute atomic E-state index is 13.6. The SMILES string of the molecule is Cc1ccc2c(=O)n(-c3cccc(-c4cn5ccnc5c(NC(C)(C)C)n4)c3C(C)(C)C)cnc2c1. The van der Waals surface area contributed by atoms with Gasteiger partial charge in [0.25, 0.3) is 5.56 Å². The van der Waals surface area contributed by atoms with Gasteiger partial charge in [0.15, 0.2) is 11.5 Å². The third-order valence-corrected chi connectivity index (χ3v) is 6.11. The first kappa shape index (κ1) is 23.7. The molecule has 0 atom stereocenters.